The zero-order valence-corrected chi connectivity index (χ0v) is 33.4. The summed E-state index contributed by atoms with van der Waals surface area (Å²) in [6, 6.07) is 37.4. The Bertz CT molecular complexity index is 2210. The fourth-order valence-electron chi connectivity index (χ4n) is 6.92. The predicted molar refractivity (Wildman–Crippen MR) is 223 cm³/mol. The number of benzene rings is 4. The monoisotopic (exact) mass is 819 g/mol. The van der Waals surface area contributed by atoms with Crippen molar-refractivity contribution in [2.45, 2.75) is 28.8 Å². The van der Waals surface area contributed by atoms with Gasteiger partial charge in [0, 0.05) is 16.8 Å². The van der Waals surface area contributed by atoms with Crippen molar-refractivity contribution in [1.82, 2.24) is 15.2 Å². The van der Waals surface area contributed by atoms with Crippen molar-refractivity contribution >= 4 is 63.8 Å². The van der Waals surface area contributed by atoms with Crippen LogP contribution in [0, 0.1) is 0 Å². The van der Waals surface area contributed by atoms with Gasteiger partial charge in [-0.2, -0.15) is 0 Å². The summed E-state index contributed by atoms with van der Waals surface area (Å²) in [5.41, 5.74) is 3.37. The van der Waals surface area contributed by atoms with E-state index in [-0.39, 0.29) is 36.1 Å². The van der Waals surface area contributed by atoms with Crippen molar-refractivity contribution < 1.29 is 28.7 Å². The molecular weight excluding hydrogens is 782 g/mol. The number of carbonyl (C=O) groups is 3. The Kier molecular flexibility index (Phi) is 12.1. The number of halogens is 1. The van der Waals surface area contributed by atoms with Crippen LogP contribution in [0.15, 0.2) is 149 Å². The molecule has 0 radical (unpaired) electrons. The molecule has 2 atom stereocenters. The third-order valence-electron chi connectivity index (χ3n) is 9.54. The molecule has 2 aliphatic heterocycles. The maximum Gasteiger partial charge on any atom is 0.355 e. The van der Waals surface area contributed by atoms with E-state index in [4.69, 9.17) is 30.9 Å². The molecule has 3 heterocycles. The number of anilines is 1. The highest BCUT2D eigenvalue weighted by atomic mass is 35.5. The zero-order chi connectivity index (χ0) is 39.8. The van der Waals surface area contributed by atoms with Crippen molar-refractivity contribution in [3.8, 4) is 5.75 Å². The number of ether oxygens (including phenoxy) is 2. The number of methoxy groups -OCH3 is 1. The summed E-state index contributed by atoms with van der Waals surface area (Å²) < 4.78 is 11.1. The van der Waals surface area contributed by atoms with Crippen LogP contribution in [0.25, 0.3) is 0 Å². The minimum absolute atomic E-state index is 0.0245. The largest absolute Gasteiger partial charge is 0.497 e. The number of aromatic nitrogens is 1. The van der Waals surface area contributed by atoms with Gasteiger partial charge in [0.15, 0.2) is 10.0 Å². The summed E-state index contributed by atoms with van der Waals surface area (Å²) in [7, 11) is 2.90. The van der Waals surface area contributed by atoms with Crippen molar-refractivity contribution in [2.24, 2.45) is 5.16 Å². The molecule has 7 rings (SSSR count). The first-order chi connectivity index (χ1) is 27.8. The van der Waals surface area contributed by atoms with Crippen molar-refractivity contribution in [2.75, 3.05) is 25.4 Å². The number of fused-ring (bicyclic) bond motifs is 1. The van der Waals surface area contributed by atoms with Crippen LogP contribution in [-0.2, 0) is 41.0 Å². The normalized spacial score (nSPS) is 17.9. The number of thiazole rings is 1. The molecule has 57 heavy (non-hydrogen) atoms. The highest BCUT2D eigenvalue weighted by Crippen LogP contribution is 2.55. The average Bonchev–Trinajstić information content (AvgIpc) is 3.73. The molecular formula is C43H38ClN5O6S2. The molecule has 4 aromatic carbocycles. The van der Waals surface area contributed by atoms with E-state index in [1.54, 1.807) is 43.5 Å². The lowest BCUT2D eigenvalue weighted by Gasteiger charge is -2.51. The van der Waals surface area contributed by atoms with E-state index in [1.165, 1.54) is 35.1 Å². The minimum atomic E-state index is -1.53. The third-order valence-corrected chi connectivity index (χ3v) is 12.0. The number of thioether (sulfide) groups is 1. The second kappa shape index (κ2) is 17.5. The SMILES string of the molecule is CON=CC(=O)NC1(c2csc(NC(c3ccccc3)(c3ccccc3)c3ccccc3)n2)S[C@H]2CC(=O)N2C(C(=O)OCc2ccc(OC)cc2)=C1C=CCCl. The molecule has 290 valence electrons. The number of amides is 2. The molecule has 1 saturated heterocycles. The molecule has 2 amide bonds. The van der Waals surface area contributed by atoms with Gasteiger partial charge in [0.05, 0.1) is 24.6 Å². The molecule has 2 aliphatic rings. The molecule has 5 aromatic rings. The summed E-state index contributed by atoms with van der Waals surface area (Å²) >= 11 is 8.83. The van der Waals surface area contributed by atoms with Gasteiger partial charge in [-0.15, -0.1) is 22.9 Å². The summed E-state index contributed by atoms with van der Waals surface area (Å²) in [5, 5.41) is 12.4. The summed E-state index contributed by atoms with van der Waals surface area (Å²) in [6.45, 7) is -0.0795. The Labute approximate surface area is 343 Å². The first-order valence-electron chi connectivity index (χ1n) is 17.9. The van der Waals surface area contributed by atoms with Crippen LogP contribution < -0.4 is 15.4 Å². The number of rotatable bonds is 15. The van der Waals surface area contributed by atoms with Gasteiger partial charge in [0.25, 0.3) is 5.91 Å². The number of alkyl halides is 1. The highest BCUT2D eigenvalue weighted by Gasteiger charge is 2.57. The minimum Gasteiger partial charge on any atom is -0.497 e. The summed E-state index contributed by atoms with van der Waals surface area (Å²) in [5.74, 6) is -0.913. The smallest absolute Gasteiger partial charge is 0.355 e. The topological polar surface area (TPSA) is 131 Å². The number of nitrogens with zero attached hydrogens (tertiary/aromatic N) is 3. The van der Waals surface area contributed by atoms with E-state index in [0.29, 0.717) is 22.1 Å². The van der Waals surface area contributed by atoms with Gasteiger partial charge < -0.3 is 24.9 Å². The number of esters is 1. The predicted octanol–water partition coefficient (Wildman–Crippen LogP) is 7.55. The number of β-lactam (4-membered cyclic amide) rings is 1. The first-order valence-corrected chi connectivity index (χ1v) is 20.2. The van der Waals surface area contributed by atoms with Crippen LogP contribution in [0.1, 0.15) is 34.4 Å². The van der Waals surface area contributed by atoms with Gasteiger partial charge in [-0.25, -0.2) is 9.78 Å². The van der Waals surface area contributed by atoms with Gasteiger partial charge in [-0.05, 0) is 34.4 Å². The quantitative estimate of drug-likeness (QED) is 0.0275. The number of carbonyl (C=O) groups excluding carboxylic acids is 3. The van der Waals surface area contributed by atoms with Crippen LogP contribution in [0.2, 0.25) is 0 Å². The summed E-state index contributed by atoms with van der Waals surface area (Å²) in [4.78, 5) is 51.2. The Morgan fingerprint density at radius 1 is 0.947 bits per heavy atom. The number of hydrogen-bond acceptors (Lipinski definition) is 11. The molecule has 1 unspecified atom stereocenters. The summed E-state index contributed by atoms with van der Waals surface area (Å²) in [6.07, 6.45) is 4.39. The van der Waals surface area contributed by atoms with E-state index in [2.05, 4.69) is 52.2 Å². The van der Waals surface area contributed by atoms with Gasteiger partial charge >= 0.3 is 5.97 Å². The molecule has 1 aromatic heterocycles. The Hall–Kier alpha value is -5.89. The molecule has 0 aliphatic carbocycles. The second-order valence-electron chi connectivity index (χ2n) is 12.9. The first kappa shape index (κ1) is 39.3. The van der Waals surface area contributed by atoms with E-state index >= 15 is 0 Å². The fraction of sp³-hybridized carbons (Fsp3) is 0.186. The highest BCUT2D eigenvalue weighted by molar-refractivity contribution is 8.01. The van der Waals surface area contributed by atoms with Crippen LogP contribution in [-0.4, -0.2) is 59.4 Å². The molecule has 0 spiro atoms. The third kappa shape index (κ3) is 7.91. The van der Waals surface area contributed by atoms with E-state index in [1.807, 2.05) is 60.0 Å². The lowest BCUT2D eigenvalue weighted by molar-refractivity contribution is -0.150. The van der Waals surface area contributed by atoms with Gasteiger partial charge in [-0.1, -0.05) is 132 Å². The zero-order valence-electron chi connectivity index (χ0n) is 31.0. The molecule has 11 nitrogen and oxygen atoms in total. The fourth-order valence-corrected chi connectivity index (χ4v) is 9.54. The molecule has 1 fully saturated rings. The van der Waals surface area contributed by atoms with Crippen LogP contribution in [0.5, 0.6) is 5.75 Å². The Morgan fingerprint density at radius 2 is 1.56 bits per heavy atom. The van der Waals surface area contributed by atoms with Gasteiger partial charge in [0.1, 0.15) is 36.9 Å². The van der Waals surface area contributed by atoms with Crippen LogP contribution in [0.4, 0.5) is 5.13 Å². The van der Waals surface area contributed by atoms with Crippen molar-refractivity contribution in [3.63, 3.8) is 0 Å². The maximum absolute atomic E-state index is 14.3. The lowest BCUT2D eigenvalue weighted by Crippen LogP contribution is -2.60. The maximum atomic E-state index is 14.3. The molecule has 2 N–H and O–H groups in total. The van der Waals surface area contributed by atoms with E-state index in [0.717, 1.165) is 22.9 Å². The Morgan fingerprint density at radius 3 is 2.11 bits per heavy atom. The van der Waals surface area contributed by atoms with Crippen molar-refractivity contribution in [3.05, 3.63) is 172 Å². The average molecular weight is 820 g/mol. The number of oxime groups is 1. The Balaban J connectivity index is 1.38. The van der Waals surface area contributed by atoms with E-state index < -0.39 is 27.7 Å². The standard InChI is InChI=1S/C43H38ClN5O6S2/c1-53-33-22-20-29(21-23-33)27-55-40(52)39-34(19-12-24-44)43(47-36(50)26-45-54-2,57-38-25-37(51)49(38)39)35-28-56-41(46-35)48-42(30-13-6-3-7-14-30,31-15-8-4-9-16-31)32-17-10-5-11-18-32/h3-23,26,28,38H,24-25,27H2,1-2H3,(H,46,48)(H,47,50)/t38-,43?/m0/s1. The number of hydrogen-bond donors (Lipinski definition) is 2. The van der Waals surface area contributed by atoms with Crippen molar-refractivity contribution in [1.29, 1.82) is 0 Å². The van der Waals surface area contributed by atoms with Crippen LogP contribution in [0.3, 0.4) is 0 Å². The van der Waals surface area contributed by atoms with Gasteiger partial charge in [-0.3, -0.25) is 14.5 Å². The number of nitrogens with one attached hydrogen (secondary N) is 2. The molecule has 0 bridgehead atoms. The van der Waals surface area contributed by atoms with Gasteiger partial charge in [0.2, 0.25) is 5.91 Å². The lowest BCUT2D eigenvalue weighted by atomic mass is 9.77. The second-order valence-corrected chi connectivity index (χ2v) is 15.4. The number of allylic oxidation sites excluding steroid dienone is 1. The van der Waals surface area contributed by atoms with E-state index in [9.17, 15) is 14.4 Å². The van der Waals surface area contributed by atoms with Crippen LogP contribution >= 0.6 is 34.7 Å². The molecule has 14 heteroatoms. The molecule has 0 saturated carbocycles.